The summed E-state index contributed by atoms with van der Waals surface area (Å²) < 4.78 is 13.3. The Labute approximate surface area is 114 Å². The highest BCUT2D eigenvalue weighted by molar-refractivity contribution is 6.31. The average molecular weight is 290 g/mol. The zero-order chi connectivity index (χ0) is 14.6. The lowest BCUT2D eigenvalue weighted by molar-refractivity contribution is -0.384. The second-order valence-electron chi connectivity index (χ2n) is 4.12. The van der Waals surface area contributed by atoms with Gasteiger partial charge >= 0.3 is 0 Å². The molecule has 1 aromatic carbocycles. The fourth-order valence-electron chi connectivity index (χ4n) is 1.38. The topological polar surface area (TPSA) is 84.3 Å². The van der Waals surface area contributed by atoms with Crippen LogP contribution in [0.5, 0.6) is 0 Å². The first kappa shape index (κ1) is 15.2. The third kappa shape index (κ3) is 4.36. The summed E-state index contributed by atoms with van der Waals surface area (Å²) in [6.07, 6.45) is 0. The predicted molar refractivity (Wildman–Crippen MR) is 69.8 cm³/mol. The van der Waals surface area contributed by atoms with Crippen LogP contribution in [0.15, 0.2) is 12.1 Å². The Balaban J connectivity index is 2.85. The van der Waals surface area contributed by atoms with Gasteiger partial charge in [0.1, 0.15) is 11.5 Å². The summed E-state index contributed by atoms with van der Waals surface area (Å²) in [5.74, 6) is -1.14. The van der Waals surface area contributed by atoms with Gasteiger partial charge in [-0.2, -0.15) is 0 Å². The highest BCUT2D eigenvalue weighted by atomic mass is 35.5. The predicted octanol–water partition coefficient (Wildman–Crippen LogP) is 2.32. The number of amides is 1. The molecular formula is C11H13ClFN3O3. The number of halogens is 2. The van der Waals surface area contributed by atoms with E-state index in [9.17, 15) is 19.3 Å². The van der Waals surface area contributed by atoms with E-state index in [4.69, 9.17) is 11.6 Å². The van der Waals surface area contributed by atoms with Gasteiger partial charge in [-0.15, -0.1) is 0 Å². The Morgan fingerprint density at radius 1 is 1.53 bits per heavy atom. The molecule has 0 saturated heterocycles. The molecule has 0 atom stereocenters. The zero-order valence-corrected chi connectivity index (χ0v) is 11.1. The van der Waals surface area contributed by atoms with Crippen LogP contribution in [0.4, 0.5) is 15.8 Å². The molecule has 0 bridgehead atoms. The van der Waals surface area contributed by atoms with Crippen molar-refractivity contribution in [3.63, 3.8) is 0 Å². The van der Waals surface area contributed by atoms with Gasteiger partial charge in [0, 0.05) is 18.2 Å². The number of hydrogen-bond donors (Lipinski definition) is 2. The summed E-state index contributed by atoms with van der Waals surface area (Å²) in [4.78, 5) is 21.5. The van der Waals surface area contributed by atoms with Gasteiger partial charge in [0.25, 0.3) is 5.69 Å². The van der Waals surface area contributed by atoms with Crippen LogP contribution in [-0.2, 0) is 4.79 Å². The fourth-order valence-corrected chi connectivity index (χ4v) is 1.54. The summed E-state index contributed by atoms with van der Waals surface area (Å²) in [5, 5.41) is 15.6. The lowest BCUT2D eigenvalue weighted by atomic mass is 10.2. The number of carbonyl (C=O) groups is 1. The van der Waals surface area contributed by atoms with Crippen molar-refractivity contribution in [3.05, 3.63) is 33.1 Å². The maximum absolute atomic E-state index is 13.3. The van der Waals surface area contributed by atoms with E-state index in [0.717, 1.165) is 12.1 Å². The number of nitrogens with zero attached hydrogens (tertiary/aromatic N) is 1. The van der Waals surface area contributed by atoms with Crippen molar-refractivity contribution in [2.45, 2.75) is 19.9 Å². The molecule has 0 aromatic heterocycles. The largest absolute Gasteiger partial charge is 0.370 e. The van der Waals surface area contributed by atoms with Crippen LogP contribution in [0.3, 0.4) is 0 Å². The molecule has 0 heterocycles. The van der Waals surface area contributed by atoms with Crippen molar-refractivity contribution < 1.29 is 14.1 Å². The van der Waals surface area contributed by atoms with E-state index < -0.39 is 10.7 Å². The fraction of sp³-hybridized carbons (Fsp3) is 0.364. The van der Waals surface area contributed by atoms with Crippen LogP contribution >= 0.6 is 11.6 Å². The molecule has 0 aliphatic heterocycles. The molecule has 1 amide bonds. The number of rotatable bonds is 5. The third-order valence-electron chi connectivity index (χ3n) is 2.12. The highest BCUT2D eigenvalue weighted by Crippen LogP contribution is 2.30. The van der Waals surface area contributed by atoms with Crippen molar-refractivity contribution >= 4 is 28.9 Å². The van der Waals surface area contributed by atoms with Gasteiger partial charge in [-0.1, -0.05) is 11.6 Å². The number of hydrogen-bond acceptors (Lipinski definition) is 4. The number of nitrogens with one attached hydrogen (secondary N) is 2. The Morgan fingerprint density at radius 2 is 2.16 bits per heavy atom. The van der Waals surface area contributed by atoms with E-state index in [0.29, 0.717) is 0 Å². The first-order chi connectivity index (χ1) is 8.81. The molecule has 0 aliphatic carbocycles. The van der Waals surface area contributed by atoms with E-state index in [1.807, 2.05) is 0 Å². The second-order valence-corrected chi connectivity index (χ2v) is 4.52. The molecule has 0 saturated carbocycles. The first-order valence-electron chi connectivity index (χ1n) is 5.48. The Bertz CT molecular complexity index is 508. The van der Waals surface area contributed by atoms with Crippen LogP contribution in [0.2, 0.25) is 5.02 Å². The molecule has 104 valence electrons. The maximum Gasteiger partial charge on any atom is 0.294 e. The van der Waals surface area contributed by atoms with Gasteiger partial charge in [0.2, 0.25) is 5.91 Å². The van der Waals surface area contributed by atoms with Crippen molar-refractivity contribution in [2.24, 2.45) is 0 Å². The van der Waals surface area contributed by atoms with Crippen LogP contribution in [0.25, 0.3) is 0 Å². The maximum atomic E-state index is 13.3. The van der Waals surface area contributed by atoms with E-state index in [2.05, 4.69) is 10.6 Å². The van der Waals surface area contributed by atoms with Gasteiger partial charge in [-0.25, -0.2) is 4.39 Å². The van der Waals surface area contributed by atoms with Crippen molar-refractivity contribution in [2.75, 3.05) is 11.9 Å². The second kappa shape index (κ2) is 6.33. The van der Waals surface area contributed by atoms with Gasteiger partial charge in [0.15, 0.2) is 0 Å². The minimum atomic E-state index is -0.793. The lowest BCUT2D eigenvalue weighted by Crippen LogP contribution is -2.34. The van der Waals surface area contributed by atoms with E-state index in [1.165, 1.54) is 0 Å². The normalized spacial score (nSPS) is 10.4. The Hall–Kier alpha value is -1.89. The van der Waals surface area contributed by atoms with Crippen LogP contribution in [0, 0.1) is 15.9 Å². The molecule has 8 heteroatoms. The monoisotopic (exact) mass is 289 g/mol. The zero-order valence-electron chi connectivity index (χ0n) is 10.4. The number of carbonyl (C=O) groups excluding carboxylic acids is 1. The molecule has 0 unspecified atom stereocenters. The van der Waals surface area contributed by atoms with Crippen LogP contribution in [-0.4, -0.2) is 23.4 Å². The van der Waals surface area contributed by atoms with Crippen LogP contribution < -0.4 is 10.6 Å². The standard InChI is InChI=1S/C11H13ClFN3O3/c1-6(2)15-11(17)5-14-9-4-8(13)7(12)3-10(9)16(18)19/h3-4,6,14H,5H2,1-2H3,(H,15,17). The third-order valence-corrected chi connectivity index (χ3v) is 2.41. The molecule has 1 rings (SSSR count). The van der Waals surface area contributed by atoms with Gasteiger partial charge in [-0.05, 0) is 13.8 Å². The molecule has 19 heavy (non-hydrogen) atoms. The lowest BCUT2D eigenvalue weighted by Gasteiger charge is -2.10. The van der Waals surface area contributed by atoms with E-state index in [1.54, 1.807) is 13.8 Å². The summed E-state index contributed by atoms with van der Waals surface area (Å²) >= 11 is 5.47. The molecule has 0 fully saturated rings. The smallest absolute Gasteiger partial charge is 0.294 e. The van der Waals surface area contributed by atoms with E-state index >= 15 is 0 Å². The SMILES string of the molecule is CC(C)NC(=O)CNc1cc(F)c(Cl)cc1[N+](=O)[O-]. The van der Waals surface area contributed by atoms with E-state index in [-0.39, 0.29) is 34.9 Å². The van der Waals surface area contributed by atoms with Crippen LogP contribution in [0.1, 0.15) is 13.8 Å². The summed E-state index contributed by atoms with van der Waals surface area (Å²) in [6, 6.07) is 1.74. The van der Waals surface area contributed by atoms with Gasteiger partial charge in [-0.3, -0.25) is 14.9 Å². The van der Waals surface area contributed by atoms with Crippen molar-refractivity contribution in [1.29, 1.82) is 0 Å². The molecule has 0 aliphatic rings. The summed E-state index contributed by atoms with van der Waals surface area (Å²) in [5.41, 5.74) is -0.477. The minimum absolute atomic E-state index is 0.0498. The number of nitro groups is 1. The molecule has 0 radical (unpaired) electrons. The number of anilines is 1. The number of benzene rings is 1. The van der Waals surface area contributed by atoms with Gasteiger partial charge < -0.3 is 10.6 Å². The molecule has 2 N–H and O–H groups in total. The molecule has 6 nitrogen and oxygen atoms in total. The highest BCUT2D eigenvalue weighted by Gasteiger charge is 2.18. The minimum Gasteiger partial charge on any atom is -0.370 e. The van der Waals surface area contributed by atoms with Gasteiger partial charge in [0.05, 0.1) is 16.5 Å². The van der Waals surface area contributed by atoms with Crippen molar-refractivity contribution in [3.8, 4) is 0 Å². The molecule has 0 spiro atoms. The number of nitro benzene ring substituents is 1. The Kier molecular flexibility index (Phi) is 5.05. The average Bonchev–Trinajstić information content (AvgIpc) is 2.29. The first-order valence-corrected chi connectivity index (χ1v) is 5.85. The Morgan fingerprint density at radius 3 is 2.68 bits per heavy atom. The molecule has 1 aromatic rings. The summed E-state index contributed by atoms with van der Waals surface area (Å²) in [6.45, 7) is 3.37. The molecular weight excluding hydrogens is 277 g/mol. The quantitative estimate of drug-likeness (QED) is 0.643. The van der Waals surface area contributed by atoms with Crippen molar-refractivity contribution in [1.82, 2.24) is 5.32 Å². The summed E-state index contributed by atoms with van der Waals surface area (Å²) in [7, 11) is 0.